The molecule has 0 saturated carbocycles. The quantitative estimate of drug-likeness (QED) is 0.372. The molecule has 0 radical (unpaired) electrons. The Morgan fingerprint density at radius 3 is 2.57 bits per heavy atom. The van der Waals surface area contributed by atoms with Crippen molar-refractivity contribution in [1.82, 2.24) is 5.32 Å². The fourth-order valence-corrected chi connectivity index (χ4v) is 0.286. The second kappa shape index (κ2) is 3.74. The molecule has 40 valence electrons. The average molecular weight is 117 g/mol. The number of hydrogen-bond acceptors (Lipinski definition) is 2. The molecule has 0 aromatic rings. The van der Waals surface area contributed by atoms with Crippen molar-refractivity contribution in [1.29, 1.82) is 0 Å². The summed E-state index contributed by atoms with van der Waals surface area (Å²) in [7, 11) is 1.57. The first-order valence-electron chi connectivity index (χ1n) is 1.83. The molecule has 0 heterocycles. The van der Waals surface area contributed by atoms with Crippen LogP contribution in [-0.2, 0) is 4.79 Å². The molecule has 0 atom stereocenters. The third kappa shape index (κ3) is 3.39. The zero-order valence-electron chi connectivity index (χ0n) is 4.01. The predicted molar refractivity (Wildman–Crippen MR) is 32.2 cm³/mol. The van der Waals surface area contributed by atoms with Gasteiger partial charge in [-0.2, -0.15) is 12.6 Å². The fraction of sp³-hybridized carbons (Fsp3) is 0.250. The summed E-state index contributed by atoms with van der Waals surface area (Å²) in [5, 5.41) is 3.78. The van der Waals surface area contributed by atoms with Crippen molar-refractivity contribution >= 4 is 18.5 Å². The molecule has 0 aliphatic carbocycles. The van der Waals surface area contributed by atoms with Crippen molar-refractivity contribution < 1.29 is 4.79 Å². The molecule has 0 rings (SSSR count). The molecule has 0 aliphatic rings. The minimum Gasteiger partial charge on any atom is -0.356 e. The van der Waals surface area contributed by atoms with Gasteiger partial charge >= 0.3 is 0 Å². The molecule has 0 unspecified atom stereocenters. The van der Waals surface area contributed by atoms with Crippen molar-refractivity contribution in [2.75, 3.05) is 7.05 Å². The third-order valence-corrected chi connectivity index (χ3v) is 0.621. The highest BCUT2D eigenvalue weighted by Gasteiger charge is 1.81. The molecule has 0 aromatic heterocycles. The molecule has 0 aromatic carbocycles. The molecule has 2 nitrogen and oxygen atoms in total. The van der Waals surface area contributed by atoms with Gasteiger partial charge in [0.1, 0.15) is 0 Å². The Balaban J connectivity index is 3.37. The molecule has 3 heteroatoms. The molecular formula is C4H7NOS. The van der Waals surface area contributed by atoms with E-state index in [2.05, 4.69) is 17.9 Å². The molecule has 0 saturated heterocycles. The first kappa shape index (κ1) is 6.56. The van der Waals surface area contributed by atoms with Crippen LogP contribution in [-0.4, -0.2) is 13.0 Å². The standard InChI is InChI=1S/C4H7NOS/c1-5-4(6)2-3-7/h2-3,7H,1H3,(H,5,6)/b3-2-. The highest BCUT2D eigenvalue weighted by atomic mass is 32.1. The number of amides is 1. The number of carbonyl (C=O) groups excluding carboxylic acids is 1. The maximum Gasteiger partial charge on any atom is 0.244 e. The number of nitrogens with one attached hydrogen (secondary N) is 1. The zero-order valence-corrected chi connectivity index (χ0v) is 4.90. The molecule has 1 amide bonds. The zero-order chi connectivity index (χ0) is 5.70. The predicted octanol–water partition coefficient (Wildman–Crippen LogP) is 0.176. The van der Waals surface area contributed by atoms with Crippen LogP contribution in [0.2, 0.25) is 0 Å². The molecule has 1 N–H and O–H groups in total. The number of carbonyl (C=O) groups is 1. The first-order chi connectivity index (χ1) is 3.31. The summed E-state index contributed by atoms with van der Waals surface area (Å²) in [6.07, 6.45) is 1.34. The van der Waals surface area contributed by atoms with Crippen molar-refractivity contribution in [2.24, 2.45) is 0 Å². The van der Waals surface area contributed by atoms with E-state index < -0.39 is 0 Å². The van der Waals surface area contributed by atoms with Crippen molar-refractivity contribution in [2.45, 2.75) is 0 Å². The number of hydrogen-bond donors (Lipinski definition) is 2. The van der Waals surface area contributed by atoms with Crippen LogP contribution in [0.15, 0.2) is 11.5 Å². The lowest BCUT2D eigenvalue weighted by molar-refractivity contribution is -0.116. The van der Waals surface area contributed by atoms with Crippen LogP contribution in [0.4, 0.5) is 0 Å². The van der Waals surface area contributed by atoms with Gasteiger partial charge in [0.15, 0.2) is 0 Å². The van der Waals surface area contributed by atoms with Gasteiger partial charge < -0.3 is 5.32 Å². The van der Waals surface area contributed by atoms with Crippen LogP contribution in [0.3, 0.4) is 0 Å². The Kier molecular flexibility index (Phi) is 3.50. The van der Waals surface area contributed by atoms with Crippen LogP contribution in [0.25, 0.3) is 0 Å². The highest BCUT2D eigenvalue weighted by Crippen LogP contribution is 1.74. The molecule has 0 spiro atoms. The van der Waals surface area contributed by atoms with Crippen molar-refractivity contribution in [3.63, 3.8) is 0 Å². The summed E-state index contributed by atoms with van der Waals surface area (Å²) in [4.78, 5) is 10.2. The van der Waals surface area contributed by atoms with Crippen LogP contribution >= 0.6 is 12.6 Å². The molecular weight excluding hydrogens is 110 g/mol. The number of rotatable bonds is 1. The summed E-state index contributed by atoms with van der Waals surface area (Å²) < 4.78 is 0. The lowest BCUT2D eigenvalue weighted by Crippen LogP contribution is -2.13. The summed E-state index contributed by atoms with van der Waals surface area (Å²) in [6.45, 7) is 0. The largest absolute Gasteiger partial charge is 0.356 e. The van der Waals surface area contributed by atoms with Gasteiger partial charge in [-0.15, -0.1) is 0 Å². The summed E-state index contributed by atoms with van der Waals surface area (Å²) in [5.74, 6) is -0.130. The Labute approximate surface area is 48.0 Å². The van der Waals surface area contributed by atoms with Gasteiger partial charge in [0.05, 0.1) is 0 Å². The Hall–Kier alpha value is -0.440. The van der Waals surface area contributed by atoms with Crippen molar-refractivity contribution in [3.05, 3.63) is 11.5 Å². The van der Waals surface area contributed by atoms with E-state index in [-0.39, 0.29) is 5.91 Å². The molecule has 0 aliphatic heterocycles. The smallest absolute Gasteiger partial charge is 0.244 e. The lowest BCUT2D eigenvalue weighted by atomic mass is 10.6. The van der Waals surface area contributed by atoms with Gasteiger partial charge in [-0.25, -0.2) is 0 Å². The number of thiol groups is 1. The molecule has 7 heavy (non-hydrogen) atoms. The minimum atomic E-state index is -0.130. The van der Waals surface area contributed by atoms with Crippen molar-refractivity contribution in [3.8, 4) is 0 Å². The first-order valence-corrected chi connectivity index (χ1v) is 2.35. The van der Waals surface area contributed by atoms with E-state index in [1.807, 2.05) is 0 Å². The lowest BCUT2D eigenvalue weighted by Gasteiger charge is -1.84. The molecule has 0 bridgehead atoms. The minimum absolute atomic E-state index is 0.130. The van der Waals surface area contributed by atoms with E-state index in [0.717, 1.165) is 0 Å². The normalized spacial score (nSPS) is 9.43. The van der Waals surface area contributed by atoms with E-state index in [1.54, 1.807) is 7.05 Å². The Morgan fingerprint density at radius 2 is 2.43 bits per heavy atom. The SMILES string of the molecule is CNC(=O)/C=C\S. The average Bonchev–Trinajstić information content (AvgIpc) is 1.68. The van der Waals surface area contributed by atoms with Crippen LogP contribution in [0.5, 0.6) is 0 Å². The Bertz CT molecular complexity index is 89.7. The van der Waals surface area contributed by atoms with Gasteiger partial charge in [0, 0.05) is 13.1 Å². The van der Waals surface area contributed by atoms with Gasteiger partial charge in [-0.05, 0) is 5.41 Å². The molecule has 0 fully saturated rings. The Morgan fingerprint density at radius 1 is 1.86 bits per heavy atom. The van der Waals surface area contributed by atoms with E-state index >= 15 is 0 Å². The van der Waals surface area contributed by atoms with E-state index in [4.69, 9.17) is 0 Å². The topological polar surface area (TPSA) is 29.1 Å². The summed E-state index contributed by atoms with van der Waals surface area (Å²) in [5.41, 5.74) is 0. The van der Waals surface area contributed by atoms with Gasteiger partial charge in [-0.1, -0.05) is 0 Å². The fourth-order valence-electron chi connectivity index (χ4n) is 0.151. The van der Waals surface area contributed by atoms with E-state index in [1.165, 1.54) is 11.5 Å². The highest BCUT2D eigenvalue weighted by molar-refractivity contribution is 7.83. The van der Waals surface area contributed by atoms with Crippen LogP contribution < -0.4 is 5.32 Å². The second-order valence-corrected chi connectivity index (χ2v) is 1.23. The van der Waals surface area contributed by atoms with Crippen LogP contribution in [0, 0.1) is 0 Å². The van der Waals surface area contributed by atoms with E-state index in [0.29, 0.717) is 0 Å². The second-order valence-electron chi connectivity index (χ2n) is 0.930. The van der Waals surface area contributed by atoms with E-state index in [9.17, 15) is 4.79 Å². The van der Waals surface area contributed by atoms with Gasteiger partial charge in [0.25, 0.3) is 0 Å². The summed E-state index contributed by atoms with van der Waals surface area (Å²) >= 11 is 3.67. The third-order valence-electron chi connectivity index (χ3n) is 0.472. The maximum atomic E-state index is 10.2. The van der Waals surface area contributed by atoms with Gasteiger partial charge in [0.2, 0.25) is 5.91 Å². The maximum absolute atomic E-state index is 10.2. The number of likely N-dealkylation sites (N-methyl/N-ethyl adjacent to an activating group) is 1. The van der Waals surface area contributed by atoms with Gasteiger partial charge in [-0.3, -0.25) is 4.79 Å². The van der Waals surface area contributed by atoms with Crippen LogP contribution in [0.1, 0.15) is 0 Å². The monoisotopic (exact) mass is 117 g/mol. The summed E-state index contributed by atoms with van der Waals surface area (Å²) in [6, 6.07) is 0.